The summed E-state index contributed by atoms with van der Waals surface area (Å²) in [6.45, 7) is 8.81. The summed E-state index contributed by atoms with van der Waals surface area (Å²) in [4.78, 5) is 28.9. The van der Waals surface area contributed by atoms with Crippen molar-refractivity contribution in [3.63, 3.8) is 0 Å². The van der Waals surface area contributed by atoms with Gasteiger partial charge in [0.25, 0.3) is 0 Å². The molecule has 0 fully saturated rings. The van der Waals surface area contributed by atoms with Crippen LogP contribution >= 0.6 is 7.60 Å². The molecule has 0 aromatic rings. The van der Waals surface area contributed by atoms with E-state index in [1.807, 2.05) is 6.92 Å². The van der Waals surface area contributed by atoms with Crippen LogP contribution in [0.25, 0.3) is 0 Å². The van der Waals surface area contributed by atoms with Crippen LogP contribution in [-0.4, -0.2) is 33.2 Å². The van der Waals surface area contributed by atoms with Crippen molar-refractivity contribution >= 4 is 13.6 Å². The minimum atomic E-state index is -4.23. The quantitative estimate of drug-likeness (QED) is 0.318. The van der Waals surface area contributed by atoms with Gasteiger partial charge in [0.05, 0.1) is 6.29 Å². The molecule has 0 amide bonds. The maximum atomic E-state index is 11.2. The standard InChI is InChI=1S/C18H38NO5P/c1-5-14(2)8-6-9-15(3)10-7-11-16(4)12-17(18(20)21)19-13-25(22,23)24/h14-17,19H,5-13H2,1-4H3,(H,20,21)(H2,22,23,24). The molecule has 4 N–H and O–H groups in total. The molecule has 0 heterocycles. The number of hydrogen-bond donors (Lipinski definition) is 4. The number of aliphatic carboxylic acids is 1. The maximum absolute atomic E-state index is 11.2. The molecular weight excluding hydrogens is 341 g/mol. The van der Waals surface area contributed by atoms with E-state index >= 15 is 0 Å². The van der Waals surface area contributed by atoms with E-state index < -0.39 is 25.9 Å². The van der Waals surface area contributed by atoms with E-state index in [1.54, 1.807) is 0 Å². The lowest BCUT2D eigenvalue weighted by molar-refractivity contribution is -0.139. The third kappa shape index (κ3) is 14.4. The highest BCUT2D eigenvalue weighted by Gasteiger charge is 2.23. The zero-order valence-corrected chi connectivity index (χ0v) is 17.2. The van der Waals surface area contributed by atoms with Gasteiger partial charge in [-0.1, -0.05) is 72.6 Å². The lowest BCUT2D eigenvalue weighted by atomic mass is 9.91. The summed E-state index contributed by atoms with van der Waals surface area (Å²) in [5.41, 5.74) is 0. The van der Waals surface area contributed by atoms with E-state index in [4.69, 9.17) is 9.79 Å². The van der Waals surface area contributed by atoms with Crippen LogP contribution in [0.4, 0.5) is 0 Å². The fourth-order valence-corrected chi connectivity index (χ4v) is 3.46. The van der Waals surface area contributed by atoms with Gasteiger partial charge in [0.15, 0.2) is 0 Å². The predicted molar refractivity (Wildman–Crippen MR) is 102 cm³/mol. The first-order chi connectivity index (χ1) is 11.5. The average Bonchev–Trinajstić information content (AvgIpc) is 2.49. The van der Waals surface area contributed by atoms with Gasteiger partial charge >= 0.3 is 13.6 Å². The highest BCUT2D eigenvalue weighted by atomic mass is 31.2. The summed E-state index contributed by atoms with van der Waals surface area (Å²) >= 11 is 0. The first-order valence-electron chi connectivity index (χ1n) is 9.55. The van der Waals surface area contributed by atoms with Crippen LogP contribution in [-0.2, 0) is 9.36 Å². The van der Waals surface area contributed by atoms with Gasteiger partial charge < -0.3 is 14.9 Å². The van der Waals surface area contributed by atoms with E-state index in [-0.39, 0.29) is 5.92 Å². The molecule has 0 saturated carbocycles. The Morgan fingerprint density at radius 1 is 0.960 bits per heavy atom. The number of hydrogen-bond acceptors (Lipinski definition) is 3. The molecule has 0 rings (SSSR count). The highest BCUT2D eigenvalue weighted by molar-refractivity contribution is 7.51. The number of carbonyl (C=O) groups is 1. The van der Waals surface area contributed by atoms with Crippen LogP contribution in [0.3, 0.4) is 0 Å². The Kier molecular flexibility index (Phi) is 12.6. The summed E-state index contributed by atoms with van der Waals surface area (Å²) in [6, 6.07) is -0.907. The smallest absolute Gasteiger partial charge is 0.339 e. The minimum absolute atomic E-state index is 0.206. The highest BCUT2D eigenvalue weighted by Crippen LogP contribution is 2.32. The number of carboxylic acid groups (broad SMARTS) is 1. The summed E-state index contributed by atoms with van der Waals surface area (Å²) < 4.78 is 10.9. The van der Waals surface area contributed by atoms with Gasteiger partial charge in [0.2, 0.25) is 0 Å². The van der Waals surface area contributed by atoms with Crippen LogP contribution in [0.2, 0.25) is 0 Å². The molecule has 7 heteroatoms. The molecule has 4 atom stereocenters. The van der Waals surface area contributed by atoms with Gasteiger partial charge in [0.1, 0.15) is 6.04 Å². The molecule has 150 valence electrons. The van der Waals surface area contributed by atoms with Crippen molar-refractivity contribution in [2.75, 3.05) is 6.29 Å². The van der Waals surface area contributed by atoms with Crippen LogP contribution in [0.5, 0.6) is 0 Å². The van der Waals surface area contributed by atoms with Crippen molar-refractivity contribution in [1.82, 2.24) is 5.32 Å². The Labute approximate surface area is 153 Å². The SMILES string of the molecule is CCC(C)CCCC(C)CCCC(C)CC(NCP(=O)(O)O)C(=O)O. The van der Waals surface area contributed by atoms with Crippen LogP contribution in [0.15, 0.2) is 0 Å². The second-order valence-electron chi connectivity index (χ2n) is 7.74. The minimum Gasteiger partial charge on any atom is -0.480 e. The Bertz CT molecular complexity index is 412. The fourth-order valence-electron chi connectivity index (χ4n) is 3.00. The summed E-state index contributed by atoms with van der Waals surface area (Å²) in [5, 5.41) is 11.6. The van der Waals surface area contributed by atoms with E-state index in [1.165, 1.54) is 25.7 Å². The molecule has 0 aliphatic heterocycles. The monoisotopic (exact) mass is 379 g/mol. The normalized spacial score (nSPS) is 17.0. The Hall–Kier alpha value is -0.420. The Morgan fingerprint density at radius 2 is 1.44 bits per heavy atom. The van der Waals surface area contributed by atoms with Crippen LogP contribution < -0.4 is 5.32 Å². The molecule has 0 aliphatic rings. The van der Waals surface area contributed by atoms with Crippen molar-refractivity contribution in [3.8, 4) is 0 Å². The average molecular weight is 379 g/mol. The van der Waals surface area contributed by atoms with Gasteiger partial charge in [-0.2, -0.15) is 0 Å². The second kappa shape index (κ2) is 12.9. The molecule has 0 saturated heterocycles. The number of rotatable bonds is 15. The molecule has 4 unspecified atom stereocenters. The molecule has 0 radical (unpaired) electrons. The summed E-state index contributed by atoms with van der Waals surface area (Å²) in [6.07, 6.45) is 8.02. The van der Waals surface area contributed by atoms with Gasteiger partial charge in [-0.15, -0.1) is 0 Å². The van der Waals surface area contributed by atoms with E-state index in [9.17, 15) is 14.5 Å². The molecule has 6 nitrogen and oxygen atoms in total. The second-order valence-corrected chi connectivity index (χ2v) is 9.38. The van der Waals surface area contributed by atoms with E-state index in [2.05, 4.69) is 26.1 Å². The Balaban J connectivity index is 4.00. The van der Waals surface area contributed by atoms with Gasteiger partial charge in [-0.3, -0.25) is 14.7 Å². The van der Waals surface area contributed by atoms with Gasteiger partial charge in [-0.05, 0) is 24.2 Å². The molecule has 0 bridgehead atoms. The largest absolute Gasteiger partial charge is 0.480 e. The van der Waals surface area contributed by atoms with E-state index in [0.29, 0.717) is 12.3 Å². The summed E-state index contributed by atoms with van der Waals surface area (Å²) in [5.74, 6) is 0.650. The molecule has 0 aromatic heterocycles. The lowest BCUT2D eigenvalue weighted by Gasteiger charge is -2.20. The van der Waals surface area contributed by atoms with Crippen molar-refractivity contribution < 1.29 is 24.3 Å². The molecule has 25 heavy (non-hydrogen) atoms. The number of carboxylic acids is 1. The topological polar surface area (TPSA) is 107 Å². The van der Waals surface area contributed by atoms with Gasteiger partial charge in [0, 0.05) is 0 Å². The zero-order valence-electron chi connectivity index (χ0n) is 16.3. The lowest BCUT2D eigenvalue weighted by Crippen LogP contribution is -2.38. The third-order valence-corrected chi connectivity index (χ3v) is 5.56. The Morgan fingerprint density at radius 3 is 1.88 bits per heavy atom. The predicted octanol–water partition coefficient (Wildman–Crippen LogP) is 4.21. The van der Waals surface area contributed by atoms with Gasteiger partial charge in [-0.25, -0.2) is 0 Å². The molecule has 0 aliphatic carbocycles. The van der Waals surface area contributed by atoms with Crippen molar-refractivity contribution in [1.29, 1.82) is 0 Å². The fraction of sp³-hybridized carbons (Fsp3) is 0.944. The maximum Gasteiger partial charge on any atom is 0.339 e. The first kappa shape index (κ1) is 24.6. The molecular formula is C18H38NO5P. The van der Waals surface area contributed by atoms with Crippen molar-refractivity contribution in [2.24, 2.45) is 17.8 Å². The van der Waals surface area contributed by atoms with Crippen molar-refractivity contribution in [3.05, 3.63) is 0 Å². The number of nitrogens with one attached hydrogen (secondary N) is 1. The van der Waals surface area contributed by atoms with Crippen molar-refractivity contribution in [2.45, 2.75) is 85.1 Å². The zero-order chi connectivity index (χ0) is 19.5. The summed E-state index contributed by atoms with van der Waals surface area (Å²) in [7, 11) is -4.23. The third-order valence-electron chi connectivity index (χ3n) is 4.96. The van der Waals surface area contributed by atoms with Crippen LogP contribution in [0, 0.1) is 17.8 Å². The van der Waals surface area contributed by atoms with Crippen LogP contribution in [0.1, 0.15) is 79.1 Å². The first-order valence-corrected chi connectivity index (χ1v) is 11.4. The molecule has 0 spiro atoms. The molecule has 0 aromatic carbocycles. The van der Waals surface area contributed by atoms with E-state index in [0.717, 1.165) is 25.2 Å².